The van der Waals surface area contributed by atoms with Crippen LogP contribution in [0.15, 0.2) is 12.7 Å². The Morgan fingerprint density at radius 2 is 2.19 bits per heavy atom. The summed E-state index contributed by atoms with van der Waals surface area (Å²) in [5.74, 6) is -1.42. The molecule has 1 heterocycles. The molecule has 21 heavy (non-hydrogen) atoms. The average Bonchev–Trinajstić information content (AvgIpc) is 2.44. The van der Waals surface area contributed by atoms with Crippen LogP contribution in [0.4, 0.5) is 0 Å². The van der Waals surface area contributed by atoms with E-state index in [9.17, 15) is 9.59 Å². The summed E-state index contributed by atoms with van der Waals surface area (Å²) < 4.78 is 5.77. The van der Waals surface area contributed by atoms with Gasteiger partial charge in [0.05, 0.1) is 6.10 Å². The summed E-state index contributed by atoms with van der Waals surface area (Å²) in [5, 5.41) is 8.98. The molecule has 1 amide bonds. The smallest absolute Gasteiger partial charge is 0.323 e. The molecule has 0 spiro atoms. The van der Waals surface area contributed by atoms with E-state index >= 15 is 0 Å². The monoisotopic (exact) mass is 296 g/mol. The van der Waals surface area contributed by atoms with Crippen LogP contribution in [0.3, 0.4) is 0 Å². The molecule has 0 radical (unpaired) electrons. The molecule has 2 aliphatic rings. The number of nitrogens with two attached hydrogens (primary N) is 1. The summed E-state index contributed by atoms with van der Waals surface area (Å²) in [6.07, 6.45) is 3.20. The number of fused-ring (bicyclic) bond motifs is 1. The topological polar surface area (TPSA) is 92.9 Å². The lowest BCUT2D eigenvalue weighted by Crippen LogP contribution is -2.82. The van der Waals surface area contributed by atoms with E-state index in [4.69, 9.17) is 15.6 Å². The number of amides is 1. The molecule has 3 unspecified atom stereocenters. The van der Waals surface area contributed by atoms with Gasteiger partial charge in [-0.15, -0.1) is 6.58 Å². The van der Waals surface area contributed by atoms with Crippen molar-refractivity contribution in [1.29, 1.82) is 0 Å². The van der Waals surface area contributed by atoms with Crippen molar-refractivity contribution in [2.24, 2.45) is 17.1 Å². The Bertz CT molecular complexity index is 463. The molecule has 1 aliphatic heterocycles. The molecule has 118 valence electrons. The second kappa shape index (κ2) is 5.42. The molecule has 1 saturated heterocycles. The Morgan fingerprint density at radius 3 is 2.76 bits per heavy atom. The number of carboxylic acid groups (broad SMARTS) is 1. The zero-order chi connectivity index (χ0) is 15.8. The van der Waals surface area contributed by atoms with E-state index < -0.39 is 16.9 Å². The second-order valence-electron chi connectivity index (χ2n) is 6.50. The Labute approximate surface area is 124 Å². The number of aliphatic carboxylic acids is 1. The number of hydrogen-bond donors (Lipinski definition) is 2. The summed E-state index contributed by atoms with van der Waals surface area (Å²) in [7, 11) is 0. The molecule has 0 aromatic rings. The molecule has 0 aromatic carbocycles. The van der Waals surface area contributed by atoms with Gasteiger partial charge >= 0.3 is 5.97 Å². The molecule has 1 saturated carbocycles. The number of nitrogens with zero attached hydrogens (tertiary/aromatic N) is 1. The number of carbonyl (C=O) groups excluding carboxylic acids is 1. The maximum atomic E-state index is 12.9. The van der Waals surface area contributed by atoms with Crippen LogP contribution in [0.1, 0.15) is 26.7 Å². The minimum atomic E-state index is -1.07. The third-order valence-electron chi connectivity index (χ3n) is 5.00. The molecular formula is C15H24N2O4. The second-order valence-corrected chi connectivity index (χ2v) is 6.50. The number of carbonyl (C=O) groups is 2. The number of hydrogen-bond acceptors (Lipinski definition) is 4. The molecule has 6 heteroatoms. The van der Waals surface area contributed by atoms with Crippen LogP contribution >= 0.6 is 0 Å². The standard InChI is InChI=1S/C15H24N2O4/c1-4-7-17(9-11(18)19)13(20)15(16)10-6-5-8-21-12(10)14(15,2)3/h4,10,12H,1,5-9,16H2,2-3H3,(H,18,19). The molecule has 2 rings (SSSR count). The Kier molecular flexibility index (Phi) is 4.13. The van der Waals surface area contributed by atoms with Crippen LogP contribution in [0.2, 0.25) is 0 Å². The van der Waals surface area contributed by atoms with Crippen molar-refractivity contribution in [2.75, 3.05) is 19.7 Å². The highest BCUT2D eigenvalue weighted by Gasteiger charge is 2.70. The van der Waals surface area contributed by atoms with Gasteiger partial charge in [-0.1, -0.05) is 19.9 Å². The van der Waals surface area contributed by atoms with Crippen molar-refractivity contribution in [2.45, 2.75) is 38.3 Å². The quantitative estimate of drug-likeness (QED) is 0.725. The van der Waals surface area contributed by atoms with Gasteiger partial charge in [0.25, 0.3) is 0 Å². The van der Waals surface area contributed by atoms with Gasteiger partial charge in [-0.25, -0.2) is 0 Å². The lowest BCUT2D eigenvalue weighted by Gasteiger charge is -2.65. The van der Waals surface area contributed by atoms with Crippen molar-refractivity contribution in [3.63, 3.8) is 0 Å². The van der Waals surface area contributed by atoms with Crippen LogP contribution in [0.5, 0.6) is 0 Å². The molecular weight excluding hydrogens is 272 g/mol. The minimum absolute atomic E-state index is 0.0318. The fourth-order valence-corrected chi connectivity index (χ4v) is 3.81. The zero-order valence-electron chi connectivity index (χ0n) is 12.7. The predicted molar refractivity (Wildman–Crippen MR) is 77.6 cm³/mol. The maximum Gasteiger partial charge on any atom is 0.323 e. The average molecular weight is 296 g/mol. The van der Waals surface area contributed by atoms with E-state index in [1.165, 1.54) is 11.0 Å². The van der Waals surface area contributed by atoms with Gasteiger partial charge in [0, 0.05) is 24.5 Å². The van der Waals surface area contributed by atoms with Gasteiger partial charge in [-0.2, -0.15) is 0 Å². The fourth-order valence-electron chi connectivity index (χ4n) is 3.81. The van der Waals surface area contributed by atoms with Gasteiger partial charge in [-0.3, -0.25) is 9.59 Å². The van der Waals surface area contributed by atoms with Crippen LogP contribution in [0.25, 0.3) is 0 Å². The predicted octanol–water partition coefficient (Wildman–Crippen LogP) is 0.618. The van der Waals surface area contributed by atoms with Gasteiger partial charge in [0.15, 0.2) is 0 Å². The molecule has 0 aromatic heterocycles. The van der Waals surface area contributed by atoms with Crippen LogP contribution in [0, 0.1) is 11.3 Å². The third-order valence-corrected chi connectivity index (χ3v) is 5.00. The maximum absolute atomic E-state index is 12.9. The number of carboxylic acids is 1. The molecule has 3 atom stereocenters. The summed E-state index contributed by atoms with van der Waals surface area (Å²) in [6.45, 7) is 7.93. The first-order valence-corrected chi connectivity index (χ1v) is 7.29. The van der Waals surface area contributed by atoms with Crippen molar-refractivity contribution < 1.29 is 19.4 Å². The first-order valence-electron chi connectivity index (χ1n) is 7.29. The van der Waals surface area contributed by atoms with E-state index in [-0.39, 0.29) is 31.0 Å². The molecule has 2 fully saturated rings. The summed E-state index contributed by atoms with van der Waals surface area (Å²) in [5.41, 5.74) is 4.91. The number of rotatable bonds is 5. The number of ether oxygens (including phenoxy) is 1. The zero-order valence-corrected chi connectivity index (χ0v) is 12.7. The van der Waals surface area contributed by atoms with Gasteiger partial charge < -0.3 is 20.5 Å². The summed E-state index contributed by atoms with van der Waals surface area (Å²) in [6, 6.07) is 0. The molecule has 3 N–H and O–H groups in total. The van der Waals surface area contributed by atoms with Crippen molar-refractivity contribution in [3.05, 3.63) is 12.7 Å². The lowest BCUT2D eigenvalue weighted by atomic mass is 9.46. The largest absolute Gasteiger partial charge is 0.480 e. The molecule has 6 nitrogen and oxygen atoms in total. The van der Waals surface area contributed by atoms with E-state index in [1.54, 1.807) is 0 Å². The van der Waals surface area contributed by atoms with E-state index in [0.29, 0.717) is 6.61 Å². The van der Waals surface area contributed by atoms with E-state index in [2.05, 4.69) is 6.58 Å². The first-order chi connectivity index (χ1) is 9.76. The van der Waals surface area contributed by atoms with Gasteiger partial charge in [0.2, 0.25) is 5.91 Å². The van der Waals surface area contributed by atoms with Gasteiger partial charge in [-0.05, 0) is 12.8 Å². The highest BCUT2D eigenvalue weighted by atomic mass is 16.5. The normalized spacial score (nSPS) is 33.5. The van der Waals surface area contributed by atoms with Crippen LogP contribution < -0.4 is 5.73 Å². The SMILES string of the molecule is C=CCN(CC(=O)O)C(=O)C1(N)C2CCCOC2C1(C)C. The third kappa shape index (κ3) is 2.26. The van der Waals surface area contributed by atoms with Crippen molar-refractivity contribution >= 4 is 11.9 Å². The van der Waals surface area contributed by atoms with E-state index in [0.717, 1.165) is 12.8 Å². The summed E-state index contributed by atoms with van der Waals surface area (Å²) >= 11 is 0. The molecule has 1 aliphatic carbocycles. The van der Waals surface area contributed by atoms with Crippen molar-refractivity contribution in [3.8, 4) is 0 Å². The lowest BCUT2D eigenvalue weighted by molar-refractivity contribution is -0.230. The minimum Gasteiger partial charge on any atom is -0.480 e. The Balaban J connectivity index is 2.26. The van der Waals surface area contributed by atoms with Gasteiger partial charge in [0.1, 0.15) is 12.1 Å². The summed E-state index contributed by atoms with van der Waals surface area (Å²) in [4.78, 5) is 25.1. The fraction of sp³-hybridized carbons (Fsp3) is 0.733. The van der Waals surface area contributed by atoms with Crippen LogP contribution in [-0.4, -0.2) is 53.2 Å². The molecule has 0 bridgehead atoms. The Morgan fingerprint density at radius 1 is 1.52 bits per heavy atom. The highest BCUT2D eigenvalue weighted by Crippen LogP contribution is 2.57. The van der Waals surface area contributed by atoms with E-state index in [1.807, 2.05) is 13.8 Å². The highest BCUT2D eigenvalue weighted by molar-refractivity contribution is 5.91. The van der Waals surface area contributed by atoms with Crippen molar-refractivity contribution in [1.82, 2.24) is 4.90 Å². The first kappa shape index (κ1) is 16.0. The Hall–Kier alpha value is -1.40. The van der Waals surface area contributed by atoms with Crippen LogP contribution in [-0.2, 0) is 14.3 Å².